The van der Waals surface area contributed by atoms with Crippen LogP contribution in [-0.2, 0) is 4.79 Å². The molecule has 0 spiro atoms. The maximum atomic E-state index is 11.5. The molecule has 1 saturated heterocycles. The minimum atomic E-state index is 0.0702. The van der Waals surface area contributed by atoms with E-state index in [1.54, 1.807) is 25.5 Å². The number of nitrogens with one attached hydrogen (secondary N) is 1. The second-order valence-electron chi connectivity index (χ2n) is 4.67. The second-order valence-corrected chi connectivity index (χ2v) is 4.67. The highest BCUT2D eigenvalue weighted by atomic mass is 16.2. The molecule has 0 aromatic carbocycles. The molecule has 98 valence electrons. The minimum absolute atomic E-state index is 0.0702. The van der Waals surface area contributed by atoms with Crippen molar-refractivity contribution >= 4 is 5.91 Å². The van der Waals surface area contributed by atoms with Crippen LogP contribution in [0.3, 0.4) is 0 Å². The lowest BCUT2D eigenvalue weighted by Crippen LogP contribution is -2.28. The van der Waals surface area contributed by atoms with Crippen LogP contribution in [0.4, 0.5) is 0 Å². The monoisotopic (exact) mass is 257 g/mol. The molecule has 2 aromatic heterocycles. The highest BCUT2D eigenvalue weighted by Gasteiger charge is 2.29. The predicted octanol–water partition coefficient (Wildman–Crippen LogP) is 1.55. The summed E-state index contributed by atoms with van der Waals surface area (Å²) in [6.45, 7) is 2.41. The number of hydrogen-bond donors (Lipinski definition) is 1. The molecule has 0 radical (unpaired) electrons. The van der Waals surface area contributed by atoms with E-state index in [0.717, 1.165) is 36.5 Å². The average molecular weight is 257 g/mol. The van der Waals surface area contributed by atoms with Gasteiger partial charge in [-0.05, 0) is 18.9 Å². The molecule has 3 rings (SSSR count). The molecule has 2 aromatic rings. The van der Waals surface area contributed by atoms with E-state index in [2.05, 4.69) is 20.2 Å². The van der Waals surface area contributed by atoms with Gasteiger partial charge in [-0.1, -0.05) is 0 Å². The number of amides is 1. The van der Waals surface area contributed by atoms with Gasteiger partial charge in [-0.15, -0.1) is 0 Å². The van der Waals surface area contributed by atoms with E-state index in [4.69, 9.17) is 0 Å². The van der Waals surface area contributed by atoms with Crippen molar-refractivity contribution in [1.29, 1.82) is 0 Å². The van der Waals surface area contributed by atoms with E-state index in [0.29, 0.717) is 0 Å². The number of carbonyl (C=O) groups excluding carboxylic acids is 1. The lowest BCUT2D eigenvalue weighted by molar-refractivity contribution is -0.129. The topological polar surface area (TPSA) is 74.8 Å². The van der Waals surface area contributed by atoms with Crippen molar-refractivity contribution < 1.29 is 4.79 Å². The Hall–Kier alpha value is -2.24. The summed E-state index contributed by atoms with van der Waals surface area (Å²) in [6, 6.07) is 1.92. The molecule has 6 heteroatoms. The number of hydrogen-bond acceptors (Lipinski definition) is 4. The van der Waals surface area contributed by atoms with Crippen molar-refractivity contribution in [3.05, 3.63) is 30.4 Å². The number of aromatic amines is 1. The number of rotatable bonds is 2. The van der Waals surface area contributed by atoms with Gasteiger partial charge in [0.05, 0.1) is 29.8 Å². The highest BCUT2D eigenvalue weighted by Crippen LogP contribution is 2.30. The van der Waals surface area contributed by atoms with Gasteiger partial charge in [-0.25, -0.2) is 0 Å². The van der Waals surface area contributed by atoms with Gasteiger partial charge >= 0.3 is 0 Å². The molecule has 1 aliphatic heterocycles. The van der Waals surface area contributed by atoms with Crippen molar-refractivity contribution in [3.8, 4) is 11.4 Å². The molecule has 1 N–H and O–H groups in total. The first-order valence-corrected chi connectivity index (χ1v) is 6.34. The van der Waals surface area contributed by atoms with E-state index in [9.17, 15) is 4.79 Å². The second kappa shape index (κ2) is 4.79. The Balaban J connectivity index is 1.84. The molecule has 0 aliphatic carbocycles. The van der Waals surface area contributed by atoms with Crippen molar-refractivity contribution in [2.24, 2.45) is 0 Å². The Morgan fingerprint density at radius 1 is 1.42 bits per heavy atom. The summed E-state index contributed by atoms with van der Waals surface area (Å²) in [7, 11) is 0. The average Bonchev–Trinajstić information content (AvgIpc) is 3.10. The third-order valence-corrected chi connectivity index (χ3v) is 3.45. The van der Waals surface area contributed by atoms with Crippen LogP contribution in [0, 0.1) is 0 Å². The Kier molecular flexibility index (Phi) is 2.98. The SMILES string of the molecule is CC(=O)N1CCC[C@H]1c1cnc(-c2ccn[nH]2)cn1. The molecule has 0 saturated carbocycles. The van der Waals surface area contributed by atoms with E-state index in [1.165, 1.54) is 0 Å². The lowest BCUT2D eigenvalue weighted by atomic mass is 10.1. The first kappa shape index (κ1) is 11.8. The van der Waals surface area contributed by atoms with Gasteiger partial charge in [0.15, 0.2) is 0 Å². The number of likely N-dealkylation sites (tertiary alicyclic amines) is 1. The van der Waals surface area contributed by atoms with Crippen molar-refractivity contribution in [3.63, 3.8) is 0 Å². The maximum absolute atomic E-state index is 11.5. The van der Waals surface area contributed by atoms with Crippen LogP contribution in [-0.4, -0.2) is 37.5 Å². The van der Waals surface area contributed by atoms with E-state index >= 15 is 0 Å². The maximum Gasteiger partial charge on any atom is 0.220 e. The fraction of sp³-hybridized carbons (Fsp3) is 0.385. The molecule has 1 aliphatic rings. The number of H-pyrrole nitrogens is 1. The van der Waals surface area contributed by atoms with Crippen molar-refractivity contribution in [2.75, 3.05) is 6.54 Å². The molecule has 1 amide bonds. The quantitative estimate of drug-likeness (QED) is 0.885. The molecule has 6 nitrogen and oxygen atoms in total. The first-order valence-electron chi connectivity index (χ1n) is 6.34. The summed E-state index contributed by atoms with van der Waals surface area (Å²) in [5.74, 6) is 0.0990. The van der Waals surface area contributed by atoms with Crippen LogP contribution in [0.25, 0.3) is 11.4 Å². The summed E-state index contributed by atoms with van der Waals surface area (Å²) >= 11 is 0. The Labute approximate surface area is 110 Å². The smallest absolute Gasteiger partial charge is 0.220 e. The van der Waals surface area contributed by atoms with Crippen LogP contribution in [0.2, 0.25) is 0 Å². The van der Waals surface area contributed by atoms with E-state index < -0.39 is 0 Å². The van der Waals surface area contributed by atoms with E-state index in [1.807, 2.05) is 11.0 Å². The molecule has 3 heterocycles. The zero-order chi connectivity index (χ0) is 13.2. The van der Waals surface area contributed by atoms with Gasteiger partial charge in [0.25, 0.3) is 0 Å². The molecule has 1 atom stereocenters. The van der Waals surface area contributed by atoms with Gasteiger partial charge in [0.1, 0.15) is 5.69 Å². The molecule has 1 fully saturated rings. The molecule has 0 bridgehead atoms. The molecular weight excluding hydrogens is 242 g/mol. The van der Waals surface area contributed by atoms with Crippen LogP contribution in [0.15, 0.2) is 24.7 Å². The zero-order valence-corrected chi connectivity index (χ0v) is 10.7. The Morgan fingerprint density at radius 2 is 2.32 bits per heavy atom. The van der Waals surface area contributed by atoms with E-state index in [-0.39, 0.29) is 11.9 Å². The van der Waals surface area contributed by atoms with Gasteiger partial charge in [0.2, 0.25) is 5.91 Å². The molecule has 19 heavy (non-hydrogen) atoms. The molecule has 0 unspecified atom stereocenters. The van der Waals surface area contributed by atoms with Gasteiger partial charge < -0.3 is 4.90 Å². The lowest BCUT2D eigenvalue weighted by Gasteiger charge is -2.22. The Morgan fingerprint density at radius 3 is 2.95 bits per heavy atom. The van der Waals surface area contributed by atoms with Gasteiger partial charge in [-0.3, -0.25) is 19.9 Å². The summed E-state index contributed by atoms with van der Waals surface area (Å²) in [4.78, 5) is 22.2. The summed E-state index contributed by atoms with van der Waals surface area (Å²) in [5.41, 5.74) is 2.46. The van der Waals surface area contributed by atoms with Crippen LogP contribution >= 0.6 is 0 Å². The fourth-order valence-electron chi connectivity index (χ4n) is 2.50. The van der Waals surface area contributed by atoms with Gasteiger partial charge in [-0.2, -0.15) is 5.10 Å². The number of nitrogens with zero attached hydrogens (tertiary/aromatic N) is 4. The number of aromatic nitrogens is 4. The third kappa shape index (κ3) is 2.21. The normalized spacial score (nSPS) is 18.8. The van der Waals surface area contributed by atoms with Crippen molar-refractivity contribution in [2.45, 2.75) is 25.8 Å². The predicted molar refractivity (Wildman–Crippen MR) is 69.0 cm³/mol. The fourth-order valence-corrected chi connectivity index (χ4v) is 2.50. The Bertz CT molecular complexity index is 563. The third-order valence-electron chi connectivity index (χ3n) is 3.45. The van der Waals surface area contributed by atoms with Gasteiger partial charge in [0, 0.05) is 19.7 Å². The minimum Gasteiger partial charge on any atom is -0.334 e. The summed E-state index contributed by atoms with van der Waals surface area (Å²) in [5, 5.41) is 6.74. The zero-order valence-electron chi connectivity index (χ0n) is 10.7. The van der Waals surface area contributed by atoms with Crippen LogP contribution in [0.1, 0.15) is 31.5 Å². The highest BCUT2D eigenvalue weighted by molar-refractivity contribution is 5.74. The van der Waals surface area contributed by atoms with Crippen LogP contribution in [0.5, 0.6) is 0 Å². The van der Waals surface area contributed by atoms with Crippen molar-refractivity contribution in [1.82, 2.24) is 25.1 Å². The largest absolute Gasteiger partial charge is 0.334 e. The summed E-state index contributed by atoms with van der Waals surface area (Å²) < 4.78 is 0. The number of carbonyl (C=O) groups is 1. The first-order chi connectivity index (χ1) is 9.25. The van der Waals surface area contributed by atoms with Crippen LogP contribution < -0.4 is 0 Å². The molecular formula is C13H15N5O. The summed E-state index contributed by atoms with van der Waals surface area (Å²) in [6.07, 6.45) is 7.13. The standard InChI is InChI=1S/C13H15N5O/c1-9(19)18-6-2-3-13(18)12-8-14-11(7-15-12)10-4-5-16-17-10/h4-5,7-8,13H,2-3,6H2,1H3,(H,16,17)/t13-/m0/s1.